The molecule has 3 rings (SSSR count). The standard InChI is InChI=1S/C16H23N5O/c1-21-10-7-12(8-11-21)22-14-5-3-2-4-13(14)16-18-15(6-9-17)19-20-16/h2-5,12H,6-11,17H2,1H3,(H,18,19,20). The van der Waals surface area contributed by atoms with Crippen molar-refractivity contribution in [3.8, 4) is 17.1 Å². The molecular weight excluding hydrogens is 278 g/mol. The maximum Gasteiger partial charge on any atom is 0.184 e. The highest BCUT2D eigenvalue weighted by atomic mass is 16.5. The molecule has 0 atom stereocenters. The van der Waals surface area contributed by atoms with Gasteiger partial charge in [-0.25, -0.2) is 4.98 Å². The van der Waals surface area contributed by atoms with Gasteiger partial charge in [-0.2, -0.15) is 5.10 Å². The molecule has 3 N–H and O–H groups in total. The lowest BCUT2D eigenvalue weighted by Crippen LogP contribution is -2.35. The highest BCUT2D eigenvalue weighted by Crippen LogP contribution is 2.29. The number of nitrogens with one attached hydrogen (secondary N) is 1. The van der Waals surface area contributed by atoms with Crippen molar-refractivity contribution in [2.24, 2.45) is 5.73 Å². The molecule has 6 heteroatoms. The number of aromatic amines is 1. The van der Waals surface area contributed by atoms with Gasteiger partial charge in [-0.3, -0.25) is 5.10 Å². The number of aromatic nitrogens is 3. The first kappa shape index (κ1) is 15.0. The molecule has 118 valence electrons. The van der Waals surface area contributed by atoms with E-state index in [0.717, 1.165) is 43.1 Å². The number of benzene rings is 1. The van der Waals surface area contributed by atoms with E-state index in [1.807, 2.05) is 24.3 Å². The zero-order valence-electron chi connectivity index (χ0n) is 13.0. The Morgan fingerprint density at radius 3 is 2.86 bits per heavy atom. The molecule has 0 radical (unpaired) electrons. The van der Waals surface area contributed by atoms with Crippen LogP contribution in [0, 0.1) is 0 Å². The summed E-state index contributed by atoms with van der Waals surface area (Å²) in [7, 11) is 2.15. The van der Waals surface area contributed by atoms with Gasteiger partial charge >= 0.3 is 0 Å². The third kappa shape index (κ3) is 3.45. The minimum Gasteiger partial charge on any atom is -0.490 e. The maximum atomic E-state index is 6.21. The second kappa shape index (κ2) is 6.89. The molecule has 2 heterocycles. The van der Waals surface area contributed by atoms with Gasteiger partial charge in [0.15, 0.2) is 5.82 Å². The number of nitrogens with two attached hydrogens (primary N) is 1. The summed E-state index contributed by atoms with van der Waals surface area (Å²) in [5, 5.41) is 7.23. The first-order valence-electron chi connectivity index (χ1n) is 7.82. The molecule has 1 aromatic heterocycles. The fraction of sp³-hybridized carbons (Fsp3) is 0.500. The van der Waals surface area contributed by atoms with Crippen LogP contribution in [0.3, 0.4) is 0 Å². The quantitative estimate of drug-likeness (QED) is 0.873. The second-order valence-electron chi connectivity index (χ2n) is 5.76. The van der Waals surface area contributed by atoms with Crippen LogP contribution in [0.5, 0.6) is 5.75 Å². The highest BCUT2D eigenvalue weighted by molar-refractivity contribution is 5.63. The minimum absolute atomic E-state index is 0.264. The Kier molecular flexibility index (Phi) is 4.70. The van der Waals surface area contributed by atoms with Crippen molar-refractivity contribution in [2.75, 3.05) is 26.7 Å². The molecule has 0 saturated carbocycles. The van der Waals surface area contributed by atoms with E-state index in [1.54, 1.807) is 0 Å². The molecule has 0 aliphatic carbocycles. The summed E-state index contributed by atoms with van der Waals surface area (Å²) in [6, 6.07) is 7.96. The van der Waals surface area contributed by atoms with Crippen LogP contribution in [-0.2, 0) is 6.42 Å². The van der Waals surface area contributed by atoms with Crippen LogP contribution in [0.2, 0.25) is 0 Å². The van der Waals surface area contributed by atoms with Crippen LogP contribution < -0.4 is 10.5 Å². The van der Waals surface area contributed by atoms with Crippen molar-refractivity contribution in [3.63, 3.8) is 0 Å². The summed E-state index contributed by atoms with van der Waals surface area (Å²) in [4.78, 5) is 6.83. The van der Waals surface area contributed by atoms with Crippen molar-refractivity contribution in [3.05, 3.63) is 30.1 Å². The van der Waals surface area contributed by atoms with Crippen LogP contribution in [0.1, 0.15) is 18.7 Å². The first-order valence-corrected chi connectivity index (χ1v) is 7.82. The number of H-pyrrole nitrogens is 1. The van der Waals surface area contributed by atoms with Gasteiger partial charge in [0.05, 0.1) is 5.56 Å². The van der Waals surface area contributed by atoms with Crippen LogP contribution >= 0.6 is 0 Å². The Bertz CT molecular complexity index is 604. The maximum absolute atomic E-state index is 6.21. The number of ether oxygens (including phenoxy) is 1. The zero-order valence-corrected chi connectivity index (χ0v) is 13.0. The summed E-state index contributed by atoms with van der Waals surface area (Å²) < 4.78 is 6.21. The lowest BCUT2D eigenvalue weighted by molar-refractivity contribution is 0.115. The van der Waals surface area contributed by atoms with E-state index < -0.39 is 0 Å². The van der Waals surface area contributed by atoms with Crippen molar-refractivity contribution in [2.45, 2.75) is 25.4 Å². The number of piperidine rings is 1. The van der Waals surface area contributed by atoms with Gasteiger partial charge in [0.2, 0.25) is 0 Å². The van der Waals surface area contributed by atoms with Crippen LogP contribution in [0.15, 0.2) is 24.3 Å². The fourth-order valence-electron chi connectivity index (χ4n) is 2.70. The number of hydrogen-bond donors (Lipinski definition) is 2. The van der Waals surface area contributed by atoms with Gasteiger partial charge in [-0.1, -0.05) is 12.1 Å². The molecule has 0 unspecified atom stereocenters. The Hall–Kier alpha value is -1.92. The predicted molar refractivity (Wildman–Crippen MR) is 85.7 cm³/mol. The summed E-state index contributed by atoms with van der Waals surface area (Å²) >= 11 is 0. The van der Waals surface area contributed by atoms with Crippen molar-refractivity contribution in [1.82, 2.24) is 20.1 Å². The molecule has 0 spiro atoms. The second-order valence-corrected chi connectivity index (χ2v) is 5.76. The van der Waals surface area contributed by atoms with Gasteiger partial charge in [-0.15, -0.1) is 0 Å². The van der Waals surface area contributed by atoms with E-state index in [0.29, 0.717) is 18.8 Å². The third-order valence-electron chi connectivity index (χ3n) is 4.00. The average molecular weight is 301 g/mol. The fourth-order valence-corrected chi connectivity index (χ4v) is 2.70. The third-order valence-corrected chi connectivity index (χ3v) is 4.00. The van der Waals surface area contributed by atoms with Crippen molar-refractivity contribution < 1.29 is 4.74 Å². The van der Waals surface area contributed by atoms with Crippen LogP contribution in [-0.4, -0.2) is 52.9 Å². The van der Waals surface area contributed by atoms with E-state index in [4.69, 9.17) is 10.5 Å². The largest absolute Gasteiger partial charge is 0.490 e. The molecule has 1 fully saturated rings. The number of rotatable bonds is 5. The lowest BCUT2D eigenvalue weighted by atomic mass is 10.1. The zero-order chi connectivity index (χ0) is 15.4. The van der Waals surface area contributed by atoms with E-state index >= 15 is 0 Å². The molecule has 1 saturated heterocycles. The Balaban J connectivity index is 1.77. The van der Waals surface area contributed by atoms with E-state index in [9.17, 15) is 0 Å². The van der Waals surface area contributed by atoms with E-state index in [2.05, 4.69) is 27.1 Å². The Morgan fingerprint density at radius 1 is 1.32 bits per heavy atom. The monoisotopic (exact) mass is 301 g/mol. The van der Waals surface area contributed by atoms with Gasteiger partial charge in [0.25, 0.3) is 0 Å². The predicted octanol–water partition coefficient (Wildman–Crippen LogP) is 1.45. The smallest absolute Gasteiger partial charge is 0.184 e. The molecule has 6 nitrogen and oxygen atoms in total. The van der Waals surface area contributed by atoms with Gasteiger partial charge in [0, 0.05) is 19.5 Å². The molecule has 1 aliphatic heterocycles. The number of para-hydroxylation sites is 1. The number of likely N-dealkylation sites (tertiary alicyclic amines) is 1. The molecular formula is C16H23N5O. The topological polar surface area (TPSA) is 80.1 Å². The van der Waals surface area contributed by atoms with E-state index in [-0.39, 0.29) is 6.10 Å². The summed E-state index contributed by atoms with van der Waals surface area (Å²) in [6.07, 6.45) is 3.07. The number of hydrogen-bond acceptors (Lipinski definition) is 5. The van der Waals surface area contributed by atoms with E-state index in [1.165, 1.54) is 0 Å². The summed E-state index contributed by atoms with van der Waals surface area (Å²) in [5.74, 6) is 2.34. The van der Waals surface area contributed by atoms with Gasteiger partial charge in [-0.05, 0) is 38.6 Å². The molecule has 2 aromatic rings. The molecule has 1 aliphatic rings. The SMILES string of the molecule is CN1CCC(Oc2ccccc2-c2n[nH]c(CCN)n2)CC1. The summed E-state index contributed by atoms with van der Waals surface area (Å²) in [6.45, 7) is 2.71. The Labute approximate surface area is 130 Å². The minimum atomic E-state index is 0.264. The summed E-state index contributed by atoms with van der Waals surface area (Å²) in [5.41, 5.74) is 6.49. The average Bonchev–Trinajstić information content (AvgIpc) is 2.99. The van der Waals surface area contributed by atoms with Gasteiger partial charge in [0.1, 0.15) is 17.7 Å². The Morgan fingerprint density at radius 2 is 2.09 bits per heavy atom. The highest BCUT2D eigenvalue weighted by Gasteiger charge is 2.20. The number of nitrogens with zero attached hydrogens (tertiary/aromatic N) is 3. The van der Waals surface area contributed by atoms with Crippen LogP contribution in [0.4, 0.5) is 0 Å². The van der Waals surface area contributed by atoms with Crippen molar-refractivity contribution >= 4 is 0 Å². The lowest BCUT2D eigenvalue weighted by Gasteiger charge is -2.29. The molecule has 0 bridgehead atoms. The van der Waals surface area contributed by atoms with Crippen molar-refractivity contribution in [1.29, 1.82) is 0 Å². The van der Waals surface area contributed by atoms with Crippen LogP contribution in [0.25, 0.3) is 11.4 Å². The first-order chi connectivity index (χ1) is 10.8. The molecule has 1 aromatic carbocycles. The molecule has 0 amide bonds. The normalized spacial score (nSPS) is 16.8. The molecule has 22 heavy (non-hydrogen) atoms. The van der Waals surface area contributed by atoms with Gasteiger partial charge < -0.3 is 15.4 Å².